The van der Waals surface area contributed by atoms with E-state index in [0.717, 1.165) is 0 Å². The molecule has 0 saturated heterocycles. The molecule has 0 unspecified atom stereocenters. The van der Waals surface area contributed by atoms with Crippen LogP contribution in [0.25, 0.3) is 22.0 Å². The van der Waals surface area contributed by atoms with Gasteiger partial charge in [0, 0.05) is 16.5 Å². The van der Waals surface area contributed by atoms with Crippen LogP contribution in [-0.4, -0.2) is 36.4 Å². The summed E-state index contributed by atoms with van der Waals surface area (Å²) in [4.78, 5) is 34.6. The Bertz CT molecular complexity index is 1140. The van der Waals surface area contributed by atoms with Crippen molar-refractivity contribution in [2.75, 3.05) is 14.2 Å². The summed E-state index contributed by atoms with van der Waals surface area (Å²) in [6.45, 7) is 0. The molecule has 3 aromatic rings. The number of pyridine rings is 1. The van der Waals surface area contributed by atoms with Crippen LogP contribution in [0.15, 0.2) is 41.3 Å². The standard InChI is InChI=1S/C19H14FNO6/c1-26-16-6-10(9-22)5-13(18(16)27-2)11-3-4-12-15(7-11)21(20)8-14(17(12)23)19(24)25/h3-9H,1-2H3,(H,24,25). The molecule has 138 valence electrons. The number of hydrogen-bond donors (Lipinski definition) is 1. The second-order valence-electron chi connectivity index (χ2n) is 5.64. The molecule has 7 nitrogen and oxygen atoms in total. The first-order chi connectivity index (χ1) is 12.9. The lowest BCUT2D eigenvalue weighted by molar-refractivity contribution is 0.0693. The van der Waals surface area contributed by atoms with Gasteiger partial charge in [-0.2, -0.15) is 4.79 Å². The van der Waals surface area contributed by atoms with Crippen LogP contribution < -0.4 is 14.9 Å². The molecule has 1 heterocycles. The highest BCUT2D eigenvalue weighted by molar-refractivity contribution is 5.94. The largest absolute Gasteiger partial charge is 0.493 e. The smallest absolute Gasteiger partial charge is 0.341 e. The molecule has 0 bridgehead atoms. The summed E-state index contributed by atoms with van der Waals surface area (Å²) in [6.07, 6.45) is 1.26. The quantitative estimate of drug-likeness (QED) is 0.693. The number of carboxylic acids is 1. The van der Waals surface area contributed by atoms with Crippen molar-refractivity contribution in [1.82, 2.24) is 4.79 Å². The van der Waals surface area contributed by atoms with Gasteiger partial charge in [0.1, 0.15) is 11.8 Å². The molecule has 0 radical (unpaired) electrons. The van der Waals surface area contributed by atoms with Gasteiger partial charge in [0.25, 0.3) is 0 Å². The average Bonchev–Trinajstić information content (AvgIpc) is 2.68. The van der Waals surface area contributed by atoms with Crippen molar-refractivity contribution >= 4 is 23.2 Å². The maximum Gasteiger partial charge on any atom is 0.341 e. The molecule has 3 rings (SSSR count). The van der Waals surface area contributed by atoms with Crippen molar-refractivity contribution in [2.24, 2.45) is 0 Å². The van der Waals surface area contributed by atoms with Gasteiger partial charge in [-0.25, -0.2) is 4.79 Å². The van der Waals surface area contributed by atoms with Gasteiger partial charge < -0.3 is 14.6 Å². The molecule has 0 aliphatic rings. The normalized spacial score (nSPS) is 10.6. The second-order valence-corrected chi connectivity index (χ2v) is 5.64. The fourth-order valence-electron chi connectivity index (χ4n) is 2.88. The number of ether oxygens (including phenoxy) is 2. The number of methoxy groups -OCH3 is 2. The second kappa shape index (κ2) is 6.91. The predicted octanol–water partition coefficient (Wildman–Crippen LogP) is 2.93. The summed E-state index contributed by atoms with van der Waals surface area (Å²) in [7, 11) is 2.84. The van der Waals surface area contributed by atoms with Crippen molar-refractivity contribution < 1.29 is 28.7 Å². The molecule has 0 spiro atoms. The Morgan fingerprint density at radius 3 is 2.52 bits per heavy atom. The minimum atomic E-state index is -1.51. The molecular formula is C19H14FNO6. The van der Waals surface area contributed by atoms with E-state index in [1.54, 1.807) is 6.07 Å². The molecule has 2 aromatic carbocycles. The number of aldehydes is 1. The number of aromatic carboxylic acids is 1. The van der Waals surface area contributed by atoms with Crippen molar-refractivity contribution in [2.45, 2.75) is 0 Å². The number of fused-ring (bicyclic) bond motifs is 1. The van der Waals surface area contributed by atoms with Gasteiger partial charge >= 0.3 is 5.97 Å². The highest BCUT2D eigenvalue weighted by atomic mass is 19.2. The Morgan fingerprint density at radius 2 is 1.93 bits per heavy atom. The van der Waals surface area contributed by atoms with Crippen LogP contribution in [0.5, 0.6) is 11.5 Å². The lowest BCUT2D eigenvalue weighted by atomic mass is 9.99. The summed E-state index contributed by atoms with van der Waals surface area (Å²) in [5.74, 6) is -0.865. The van der Waals surface area contributed by atoms with Crippen LogP contribution in [0.4, 0.5) is 4.48 Å². The first-order valence-corrected chi connectivity index (χ1v) is 7.71. The minimum Gasteiger partial charge on any atom is -0.493 e. The number of carboxylic acid groups (broad SMARTS) is 1. The zero-order valence-corrected chi connectivity index (χ0v) is 14.4. The summed E-state index contributed by atoms with van der Waals surface area (Å²) >= 11 is 0. The lowest BCUT2D eigenvalue weighted by Gasteiger charge is -2.14. The van der Waals surface area contributed by atoms with E-state index in [-0.39, 0.29) is 15.7 Å². The highest BCUT2D eigenvalue weighted by Crippen LogP contribution is 2.39. The Kier molecular flexibility index (Phi) is 4.64. The Balaban J connectivity index is 2.32. The van der Waals surface area contributed by atoms with E-state index < -0.39 is 17.0 Å². The number of benzene rings is 2. The molecule has 0 amide bonds. The van der Waals surface area contributed by atoms with Gasteiger partial charge in [-0.15, -0.1) is 0 Å². The van der Waals surface area contributed by atoms with Crippen molar-refractivity contribution in [3.63, 3.8) is 0 Å². The molecule has 1 N–H and O–H groups in total. The SMILES string of the molecule is COc1cc(C=O)cc(-c2ccc3c(=O)c(C(=O)O)cn(F)c3c2)c1OC. The van der Waals surface area contributed by atoms with Crippen LogP contribution in [0.3, 0.4) is 0 Å². The lowest BCUT2D eigenvalue weighted by Crippen LogP contribution is -2.17. The zero-order valence-electron chi connectivity index (χ0n) is 14.4. The van der Waals surface area contributed by atoms with Gasteiger partial charge in [0.15, 0.2) is 11.5 Å². The molecule has 1 aromatic heterocycles. The molecule has 0 atom stereocenters. The van der Waals surface area contributed by atoms with E-state index in [1.807, 2.05) is 0 Å². The third-order valence-corrected chi connectivity index (χ3v) is 4.14. The fourth-order valence-corrected chi connectivity index (χ4v) is 2.88. The van der Waals surface area contributed by atoms with Gasteiger partial charge in [-0.3, -0.25) is 9.59 Å². The van der Waals surface area contributed by atoms with E-state index in [0.29, 0.717) is 40.7 Å². The third kappa shape index (κ3) is 3.01. The van der Waals surface area contributed by atoms with Crippen LogP contribution in [0, 0.1) is 0 Å². The summed E-state index contributed by atoms with van der Waals surface area (Å²) in [5, 5.41) is 8.94. The summed E-state index contributed by atoms with van der Waals surface area (Å²) in [6, 6.07) is 7.26. The van der Waals surface area contributed by atoms with E-state index >= 15 is 0 Å². The molecule has 0 aliphatic carbocycles. The topological polar surface area (TPSA) is 94.8 Å². The summed E-state index contributed by atoms with van der Waals surface area (Å²) < 4.78 is 25.0. The number of rotatable bonds is 5. The number of carbonyl (C=O) groups is 2. The Hall–Kier alpha value is -3.68. The average molecular weight is 371 g/mol. The van der Waals surface area contributed by atoms with E-state index in [9.17, 15) is 18.9 Å². The van der Waals surface area contributed by atoms with Gasteiger partial charge in [-0.05, 0) is 29.8 Å². The van der Waals surface area contributed by atoms with Gasteiger partial charge in [-0.1, -0.05) is 10.5 Å². The first kappa shape index (κ1) is 18.1. The predicted molar refractivity (Wildman–Crippen MR) is 95.6 cm³/mol. The maximum absolute atomic E-state index is 14.4. The van der Waals surface area contributed by atoms with E-state index in [1.165, 1.54) is 38.5 Å². The highest BCUT2D eigenvalue weighted by Gasteiger charge is 2.18. The van der Waals surface area contributed by atoms with E-state index in [2.05, 4.69) is 0 Å². The molecule has 0 aliphatic heterocycles. The number of halogens is 1. The van der Waals surface area contributed by atoms with Crippen molar-refractivity contribution in [1.29, 1.82) is 0 Å². The minimum absolute atomic E-state index is 0.0803. The third-order valence-electron chi connectivity index (χ3n) is 4.14. The number of nitrogens with zero attached hydrogens (tertiary/aromatic N) is 1. The zero-order chi connectivity index (χ0) is 19.7. The van der Waals surface area contributed by atoms with Crippen molar-refractivity contribution in [3.05, 3.63) is 57.9 Å². The van der Waals surface area contributed by atoms with Crippen molar-refractivity contribution in [3.8, 4) is 22.6 Å². The van der Waals surface area contributed by atoms with Crippen LogP contribution in [0.1, 0.15) is 20.7 Å². The molecule has 0 saturated carbocycles. The maximum atomic E-state index is 14.4. The molecule has 8 heteroatoms. The van der Waals surface area contributed by atoms with E-state index in [4.69, 9.17) is 14.6 Å². The van der Waals surface area contributed by atoms with Crippen LogP contribution in [0.2, 0.25) is 0 Å². The fraction of sp³-hybridized carbons (Fsp3) is 0.105. The van der Waals surface area contributed by atoms with Crippen LogP contribution in [-0.2, 0) is 0 Å². The van der Waals surface area contributed by atoms with Gasteiger partial charge in [0.05, 0.1) is 25.9 Å². The first-order valence-electron chi connectivity index (χ1n) is 7.71. The number of carbonyl (C=O) groups excluding carboxylic acids is 1. The molecular weight excluding hydrogens is 357 g/mol. The molecule has 0 fully saturated rings. The van der Waals surface area contributed by atoms with Crippen LogP contribution >= 0.6 is 0 Å². The summed E-state index contributed by atoms with van der Waals surface area (Å²) in [5.41, 5.74) is -0.337. The number of hydrogen-bond acceptors (Lipinski definition) is 5. The van der Waals surface area contributed by atoms with Gasteiger partial charge in [0.2, 0.25) is 5.43 Å². The monoisotopic (exact) mass is 371 g/mol. The Labute approximate surface area is 152 Å². The number of aromatic nitrogens is 1. The Morgan fingerprint density at radius 1 is 1.19 bits per heavy atom. The molecule has 27 heavy (non-hydrogen) atoms.